The first-order chi connectivity index (χ1) is 35.8. The fourth-order valence-electron chi connectivity index (χ4n) is 7.62. The van der Waals surface area contributed by atoms with Gasteiger partial charge in [0.1, 0.15) is 19.4 Å². The lowest BCUT2D eigenvalue weighted by Gasteiger charge is -2.30. The molecule has 418 valence electrons. The summed E-state index contributed by atoms with van der Waals surface area (Å²) in [6.45, 7) is 8.32. The minimum atomic E-state index is -1.06. The Labute approximate surface area is 434 Å². The Morgan fingerprint density at radius 2 is 1.09 bits per heavy atom. The van der Waals surface area contributed by atoms with Crippen LogP contribution in [0.4, 0.5) is 0 Å². The van der Waals surface area contributed by atoms with E-state index in [-0.39, 0.29) is 55.3 Å². The number of ether oxygens (including phenoxy) is 8. The Morgan fingerprint density at radius 3 is 1.65 bits per heavy atom. The number of likely N-dealkylation sites (tertiary alicyclic amines) is 1. The quantitative estimate of drug-likeness (QED) is 0.0228. The smallest absolute Gasteiger partial charge is 0.246 e. The lowest BCUT2D eigenvalue weighted by Crippen LogP contribution is -2.52. The number of rotatable bonds is 45. The van der Waals surface area contributed by atoms with E-state index in [1.165, 1.54) is 4.90 Å². The van der Waals surface area contributed by atoms with Crippen LogP contribution in [0.2, 0.25) is 0 Å². The molecule has 1 aliphatic heterocycles. The highest BCUT2D eigenvalue weighted by molar-refractivity contribution is 6.04. The van der Waals surface area contributed by atoms with E-state index in [0.717, 1.165) is 24.8 Å². The largest absolute Gasteiger partial charge is 0.377 e. The predicted molar refractivity (Wildman–Crippen MR) is 266 cm³/mol. The Hall–Kier alpha value is -5.18. The number of aliphatic hydroxyl groups is 1. The van der Waals surface area contributed by atoms with E-state index in [1.54, 1.807) is 30.3 Å². The summed E-state index contributed by atoms with van der Waals surface area (Å²) in [5.41, 5.74) is 0.622. The van der Waals surface area contributed by atoms with Gasteiger partial charge in [-0.25, -0.2) is 0 Å². The maximum absolute atomic E-state index is 12.9. The van der Waals surface area contributed by atoms with Crippen LogP contribution in [0.5, 0.6) is 0 Å². The summed E-state index contributed by atoms with van der Waals surface area (Å²) >= 11 is 0. The summed E-state index contributed by atoms with van der Waals surface area (Å²) in [6.07, 6.45) is 5.27. The minimum Gasteiger partial charge on any atom is -0.377 e. The van der Waals surface area contributed by atoms with Crippen LogP contribution in [0.1, 0.15) is 64.4 Å². The van der Waals surface area contributed by atoms with Crippen LogP contribution in [0.15, 0.2) is 30.3 Å². The molecular weight excluding hydrogens is 971 g/mol. The lowest BCUT2D eigenvalue weighted by atomic mass is 9.74. The van der Waals surface area contributed by atoms with Crippen molar-refractivity contribution in [3.63, 3.8) is 0 Å². The zero-order chi connectivity index (χ0) is 53.7. The summed E-state index contributed by atoms with van der Waals surface area (Å²) in [7, 11) is 0. The van der Waals surface area contributed by atoms with Crippen molar-refractivity contribution in [2.75, 3.05) is 145 Å². The Morgan fingerprint density at radius 1 is 0.595 bits per heavy atom. The summed E-state index contributed by atoms with van der Waals surface area (Å²) in [5.74, 6) is -2.92. The van der Waals surface area contributed by atoms with Crippen molar-refractivity contribution in [1.82, 2.24) is 36.8 Å². The van der Waals surface area contributed by atoms with Gasteiger partial charge in [-0.2, -0.15) is 0 Å². The number of nitrogens with one attached hydrogen (secondary N) is 6. The van der Waals surface area contributed by atoms with Crippen LogP contribution < -0.4 is 31.9 Å². The summed E-state index contributed by atoms with van der Waals surface area (Å²) in [4.78, 5) is 100. The van der Waals surface area contributed by atoms with E-state index >= 15 is 0 Å². The number of carbonyl (C=O) groups is 8. The van der Waals surface area contributed by atoms with E-state index in [2.05, 4.69) is 45.7 Å². The molecule has 74 heavy (non-hydrogen) atoms. The van der Waals surface area contributed by atoms with Crippen molar-refractivity contribution < 1.29 is 81.4 Å². The number of benzene rings is 1. The van der Waals surface area contributed by atoms with Gasteiger partial charge in [0.25, 0.3) is 0 Å². The molecule has 2 fully saturated rings. The van der Waals surface area contributed by atoms with E-state index in [1.807, 2.05) is 0 Å². The Bertz CT molecular complexity index is 1820. The molecule has 8 amide bonds. The molecular formula is C50H81N7O17. The molecule has 1 saturated carbocycles. The summed E-state index contributed by atoms with van der Waals surface area (Å²) < 4.78 is 43.6. The molecule has 1 aliphatic carbocycles. The standard InChI is InChI=1S/C50H81N7O17/c1-50(2,39-12-13-39)40-32-47(64)57(49(40)66)15-8-4-7-11-42(59)51-14-16-67-17-18-68-19-20-69-21-22-70-23-24-71-25-26-72-27-28-73-29-30-74-36-46(63)53-33-43(60)52-35-45(62)56-41(31-38-9-5-3-6-10-38)48(65)54-34-44(61)55-37-58/h3,5-6,9-10,39-41,58H,4,7-8,11-37H2,1-2H3,(H,51,59)(H,52,60)(H,53,63)(H,54,65)(H,55,61)(H,56,62)/t40?,41-/m0/s1. The average molecular weight is 1050 g/mol. The van der Waals surface area contributed by atoms with E-state index in [4.69, 9.17) is 43.0 Å². The second kappa shape index (κ2) is 38.4. The Balaban J connectivity index is 0.994. The van der Waals surface area contributed by atoms with Crippen LogP contribution >= 0.6 is 0 Å². The van der Waals surface area contributed by atoms with Gasteiger partial charge in [-0.05, 0) is 42.6 Å². The average Bonchev–Trinajstić information content (AvgIpc) is 4.21. The lowest BCUT2D eigenvalue weighted by molar-refractivity contribution is -0.141. The van der Waals surface area contributed by atoms with Crippen LogP contribution in [-0.2, 0) is 82.7 Å². The molecule has 0 spiro atoms. The molecule has 2 atom stereocenters. The van der Waals surface area contributed by atoms with Crippen molar-refractivity contribution in [2.24, 2.45) is 17.3 Å². The maximum atomic E-state index is 12.9. The van der Waals surface area contributed by atoms with Crippen LogP contribution in [0.3, 0.4) is 0 Å². The van der Waals surface area contributed by atoms with Crippen molar-refractivity contribution in [3.8, 4) is 0 Å². The maximum Gasteiger partial charge on any atom is 0.246 e. The van der Waals surface area contributed by atoms with Gasteiger partial charge in [0.05, 0.1) is 125 Å². The molecule has 0 aromatic heterocycles. The second-order valence-electron chi connectivity index (χ2n) is 18.1. The predicted octanol–water partition coefficient (Wildman–Crippen LogP) is -1.25. The number of hydrogen-bond donors (Lipinski definition) is 7. The molecule has 1 heterocycles. The van der Waals surface area contributed by atoms with E-state index in [9.17, 15) is 38.4 Å². The highest BCUT2D eigenvalue weighted by Gasteiger charge is 2.52. The van der Waals surface area contributed by atoms with Crippen molar-refractivity contribution in [2.45, 2.75) is 71.3 Å². The minimum absolute atomic E-state index is 0.0261. The molecule has 1 unspecified atom stereocenters. The van der Waals surface area contributed by atoms with Crippen LogP contribution in [-0.4, -0.2) is 208 Å². The fourth-order valence-corrected chi connectivity index (χ4v) is 7.62. The number of unbranched alkanes of at least 4 members (excludes halogenated alkanes) is 2. The van der Waals surface area contributed by atoms with Gasteiger partial charge in [0.2, 0.25) is 47.3 Å². The van der Waals surface area contributed by atoms with Gasteiger partial charge in [0, 0.05) is 32.4 Å². The molecule has 2 aliphatic rings. The zero-order valence-electron chi connectivity index (χ0n) is 43.3. The third-order valence-corrected chi connectivity index (χ3v) is 12.0. The second-order valence-corrected chi connectivity index (χ2v) is 18.1. The molecule has 1 saturated heterocycles. The molecule has 0 bridgehead atoms. The van der Waals surface area contributed by atoms with E-state index < -0.39 is 61.9 Å². The number of aliphatic hydroxyl groups excluding tert-OH is 1. The van der Waals surface area contributed by atoms with E-state index in [0.29, 0.717) is 131 Å². The SMILES string of the molecule is CC(C)(C1CC1)C1CC(=O)N(CCCCCC(=O)NCCOCCOCCOCCOCCOCCOCCOCCOCC(=O)NCC(=O)NCC(=O)N[C@@H](Cc2ccccc2)C(=O)NCC(=O)NCO)C1=O. The van der Waals surface area contributed by atoms with Crippen molar-refractivity contribution in [1.29, 1.82) is 0 Å². The van der Waals surface area contributed by atoms with Gasteiger partial charge >= 0.3 is 0 Å². The van der Waals surface area contributed by atoms with Crippen molar-refractivity contribution in [3.05, 3.63) is 35.9 Å². The first-order valence-electron chi connectivity index (χ1n) is 25.6. The highest BCUT2D eigenvalue weighted by atomic mass is 16.6. The fraction of sp³-hybridized carbons (Fsp3) is 0.720. The van der Waals surface area contributed by atoms with Gasteiger partial charge in [-0.15, -0.1) is 0 Å². The molecule has 24 nitrogen and oxygen atoms in total. The number of nitrogens with zero attached hydrogens (tertiary/aromatic N) is 1. The van der Waals surface area contributed by atoms with Gasteiger partial charge < -0.3 is 74.9 Å². The summed E-state index contributed by atoms with van der Waals surface area (Å²) in [6, 6.07) is 7.81. The van der Waals surface area contributed by atoms with Gasteiger partial charge in [-0.3, -0.25) is 43.3 Å². The van der Waals surface area contributed by atoms with Crippen LogP contribution in [0.25, 0.3) is 0 Å². The van der Waals surface area contributed by atoms with Crippen LogP contribution in [0, 0.1) is 17.3 Å². The number of amides is 8. The first kappa shape index (κ1) is 63.1. The molecule has 0 radical (unpaired) electrons. The molecule has 24 heteroatoms. The van der Waals surface area contributed by atoms with Gasteiger partial charge in [-0.1, -0.05) is 50.6 Å². The monoisotopic (exact) mass is 1050 g/mol. The third kappa shape index (κ3) is 28.5. The first-order valence-corrected chi connectivity index (χ1v) is 25.6. The Kier molecular flexibility index (Phi) is 32.7. The number of hydrogen-bond acceptors (Lipinski definition) is 17. The van der Waals surface area contributed by atoms with Gasteiger partial charge in [0.15, 0.2) is 0 Å². The van der Waals surface area contributed by atoms with Crippen molar-refractivity contribution >= 4 is 47.3 Å². The molecule has 1 aromatic carbocycles. The topological polar surface area (TPSA) is 306 Å². The third-order valence-electron chi connectivity index (χ3n) is 12.0. The molecule has 3 rings (SSSR count). The normalized spacial score (nSPS) is 14.9. The number of imide groups is 1. The highest BCUT2D eigenvalue weighted by Crippen LogP contribution is 2.52. The summed E-state index contributed by atoms with van der Waals surface area (Å²) in [5, 5.41) is 23.4. The number of carbonyl (C=O) groups excluding carboxylic acids is 8. The molecule has 7 N–H and O–H groups in total. The molecule has 1 aromatic rings. The zero-order valence-corrected chi connectivity index (χ0v) is 43.3.